The summed E-state index contributed by atoms with van der Waals surface area (Å²) < 4.78 is 2.03. The zero-order valence-corrected chi connectivity index (χ0v) is 10.8. The third-order valence-corrected chi connectivity index (χ3v) is 3.35. The summed E-state index contributed by atoms with van der Waals surface area (Å²) in [5, 5.41) is 0. The maximum absolute atomic E-state index is 11.8. The Kier molecular flexibility index (Phi) is 3.47. The SMILES string of the molecule is CN(C)C(=O)[C@@H]1CCN(Cc2nccn2C)C1. The third-order valence-electron chi connectivity index (χ3n) is 3.35. The second-order valence-electron chi connectivity index (χ2n) is 4.91. The predicted molar refractivity (Wildman–Crippen MR) is 65.3 cm³/mol. The topological polar surface area (TPSA) is 41.4 Å². The van der Waals surface area contributed by atoms with Crippen LogP contribution in [0.4, 0.5) is 0 Å². The maximum Gasteiger partial charge on any atom is 0.226 e. The lowest BCUT2D eigenvalue weighted by atomic mass is 10.1. The molecule has 0 N–H and O–H groups in total. The van der Waals surface area contributed by atoms with Crippen LogP contribution in [-0.2, 0) is 18.4 Å². The van der Waals surface area contributed by atoms with E-state index >= 15 is 0 Å². The Hall–Kier alpha value is -1.36. The van der Waals surface area contributed by atoms with E-state index in [1.54, 1.807) is 4.90 Å². The van der Waals surface area contributed by atoms with Gasteiger partial charge in [-0.3, -0.25) is 9.69 Å². The number of imidazole rings is 1. The molecule has 17 heavy (non-hydrogen) atoms. The molecule has 0 aromatic carbocycles. The number of hydrogen-bond acceptors (Lipinski definition) is 3. The van der Waals surface area contributed by atoms with Crippen molar-refractivity contribution in [3.63, 3.8) is 0 Å². The summed E-state index contributed by atoms with van der Waals surface area (Å²) in [7, 11) is 5.65. The van der Waals surface area contributed by atoms with Crippen LogP contribution >= 0.6 is 0 Å². The number of carbonyl (C=O) groups excluding carboxylic acids is 1. The Morgan fingerprint density at radius 1 is 1.59 bits per heavy atom. The van der Waals surface area contributed by atoms with E-state index < -0.39 is 0 Å². The fraction of sp³-hybridized carbons (Fsp3) is 0.667. The third kappa shape index (κ3) is 2.66. The van der Waals surface area contributed by atoms with Gasteiger partial charge < -0.3 is 9.47 Å². The highest BCUT2D eigenvalue weighted by Gasteiger charge is 2.29. The normalized spacial score (nSPS) is 20.8. The molecule has 0 bridgehead atoms. The molecule has 1 aliphatic heterocycles. The van der Waals surface area contributed by atoms with Gasteiger partial charge >= 0.3 is 0 Å². The Morgan fingerprint density at radius 3 is 2.94 bits per heavy atom. The van der Waals surface area contributed by atoms with Crippen LogP contribution in [0.1, 0.15) is 12.2 Å². The second-order valence-corrected chi connectivity index (χ2v) is 4.91. The summed E-state index contributed by atoms with van der Waals surface area (Å²) in [5.41, 5.74) is 0. The van der Waals surface area contributed by atoms with Gasteiger partial charge in [0, 0.05) is 40.1 Å². The van der Waals surface area contributed by atoms with Crippen LogP contribution in [0.2, 0.25) is 0 Å². The van der Waals surface area contributed by atoms with Crippen LogP contribution in [0.5, 0.6) is 0 Å². The number of nitrogens with zero attached hydrogens (tertiary/aromatic N) is 4. The van der Waals surface area contributed by atoms with Gasteiger partial charge in [-0.25, -0.2) is 4.98 Å². The summed E-state index contributed by atoms with van der Waals surface area (Å²) in [5.74, 6) is 1.46. The number of rotatable bonds is 3. The molecule has 1 aromatic heterocycles. The average molecular weight is 236 g/mol. The van der Waals surface area contributed by atoms with E-state index in [1.165, 1.54) is 0 Å². The summed E-state index contributed by atoms with van der Waals surface area (Å²) in [4.78, 5) is 20.1. The fourth-order valence-corrected chi connectivity index (χ4v) is 2.29. The molecular formula is C12H20N4O. The van der Waals surface area contributed by atoms with Crippen molar-refractivity contribution in [1.29, 1.82) is 0 Å². The van der Waals surface area contributed by atoms with Crippen molar-refractivity contribution < 1.29 is 4.79 Å². The number of hydrogen-bond donors (Lipinski definition) is 0. The predicted octanol–water partition coefficient (Wildman–Crippen LogP) is 0.330. The van der Waals surface area contributed by atoms with E-state index in [1.807, 2.05) is 38.1 Å². The van der Waals surface area contributed by atoms with Crippen molar-refractivity contribution in [2.24, 2.45) is 13.0 Å². The van der Waals surface area contributed by atoms with Gasteiger partial charge in [-0.05, 0) is 13.0 Å². The van der Waals surface area contributed by atoms with Gasteiger partial charge in [0.15, 0.2) is 0 Å². The highest BCUT2D eigenvalue weighted by molar-refractivity contribution is 5.78. The van der Waals surface area contributed by atoms with E-state index in [0.717, 1.165) is 31.9 Å². The zero-order chi connectivity index (χ0) is 12.4. The standard InChI is InChI=1S/C12H20N4O/c1-14(2)12(17)10-4-6-16(8-10)9-11-13-5-7-15(11)3/h5,7,10H,4,6,8-9H2,1-3H3/t10-/m1/s1. The lowest BCUT2D eigenvalue weighted by Crippen LogP contribution is -2.31. The van der Waals surface area contributed by atoms with Gasteiger partial charge in [-0.15, -0.1) is 0 Å². The van der Waals surface area contributed by atoms with Crippen molar-refractivity contribution in [2.75, 3.05) is 27.2 Å². The largest absolute Gasteiger partial charge is 0.349 e. The van der Waals surface area contributed by atoms with Crippen LogP contribution in [-0.4, -0.2) is 52.4 Å². The first-order valence-corrected chi connectivity index (χ1v) is 5.97. The lowest BCUT2D eigenvalue weighted by molar-refractivity contribution is -0.132. The van der Waals surface area contributed by atoms with Crippen molar-refractivity contribution in [3.8, 4) is 0 Å². The molecule has 2 rings (SSSR count). The van der Waals surface area contributed by atoms with E-state index in [9.17, 15) is 4.79 Å². The van der Waals surface area contributed by atoms with E-state index in [4.69, 9.17) is 0 Å². The highest BCUT2D eigenvalue weighted by atomic mass is 16.2. The first-order chi connectivity index (χ1) is 8.08. The molecule has 2 heterocycles. The first kappa shape index (κ1) is 12.1. The van der Waals surface area contributed by atoms with Gasteiger partial charge in [-0.2, -0.15) is 0 Å². The summed E-state index contributed by atoms with van der Waals surface area (Å²) in [6.07, 6.45) is 4.73. The van der Waals surface area contributed by atoms with Crippen LogP contribution in [0, 0.1) is 5.92 Å². The minimum atomic E-state index is 0.158. The number of aryl methyl sites for hydroxylation is 1. The van der Waals surface area contributed by atoms with Gasteiger partial charge in [-0.1, -0.05) is 0 Å². The average Bonchev–Trinajstić information content (AvgIpc) is 2.88. The first-order valence-electron chi connectivity index (χ1n) is 5.97. The molecule has 0 aliphatic carbocycles. The molecule has 0 saturated carbocycles. The number of amides is 1. The number of aromatic nitrogens is 2. The Bertz CT molecular complexity index is 399. The maximum atomic E-state index is 11.8. The molecule has 1 amide bonds. The molecular weight excluding hydrogens is 216 g/mol. The highest BCUT2D eigenvalue weighted by Crippen LogP contribution is 2.19. The van der Waals surface area contributed by atoms with Crippen molar-refractivity contribution in [2.45, 2.75) is 13.0 Å². The van der Waals surface area contributed by atoms with Crippen LogP contribution in [0.3, 0.4) is 0 Å². The van der Waals surface area contributed by atoms with E-state index in [0.29, 0.717) is 0 Å². The van der Waals surface area contributed by atoms with Crippen LogP contribution < -0.4 is 0 Å². The lowest BCUT2D eigenvalue weighted by Gasteiger charge is -2.17. The van der Waals surface area contributed by atoms with Gasteiger partial charge in [0.05, 0.1) is 12.5 Å². The molecule has 0 unspecified atom stereocenters. The second kappa shape index (κ2) is 4.87. The molecule has 1 aromatic rings. The molecule has 5 heteroatoms. The Labute approximate surface area is 102 Å². The molecule has 5 nitrogen and oxygen atoms in total. The van der Waals surface area contributed by atoms with E-state index in [-0.39, 0.29) is 11.8 Å². The molecule has 1 saturated heterocycles. The minimum Gasteiger partial charge on any atom is -0.349 e. The summed E-state index contributed by atoms with van der Waals surface area (Å²) >= 11 is 0. The quantitative estimate of drug-likeness (QED) is 0.759. The Balaban J connectivity index is 1.90. The molecule has 1 atom stereocenters. The fourth-order valence-electron chi connectivity index (χ4n) is 2.29. The van der Waals surface area contributed by atoms with Gasteiger partial charge in [0.2, 0.25) is 5.91 Å². The van der Waals surface area contributed by atoms with Crippen LogP contribution in [0.25, 0.3) is 0 Å². The molecule has 0 spiro atoms. The summed E-state index contributed by atoms with van der Waals surface area (Å²) in [6.45, 7) is 2.67. The number of carbonyl (C=O) groups is 1. The van der Waals surface area contributed by atoms with Crippen molar-refractivity contribution in [1.82, 2.24) is 19.4 Å². The monoisotopic (exact) mass is 236 g/mol. The Morgan fingerprint density at radius 2 is 2.35 bits per heavy atom. The smallest absolute Gasteiger partial charge is 0.226 e. The van der Waals surface area contributed by atoms with Gasteiger partial charge in [0.1, 0.15) is 5.82 Å². The minimum absolute atomic E-state index is 0.158. The van der Waals surface area contributed by atoms with Gasteiger partial charge in [0.25, 0.3) is 0 Å². The molecule has 1 aliphatic rings. The molecule has 1 fully saturated rings. The van der Waals surface area contributed by atoms with E-state index in [2.05, 4.69) is 9.88 Å². The van der Waals surface area contributed by atoms with Crippen molar-refractivity contribution in [3.05, 3.63) is 18.2 Å². The van der Waals surface area contributed by atoms with Crippen LogP contribution in [0.15, 0.2) is 12.4 Å². The number of likely N-dealkylation sites (tertiary alicyclic amines) is 1. The molecule has 0 radical (unpaired) electrons. The van der Waals surface area contributed by atoms with Crippen molar-refractivity contribution >= 4 is 5.91 Å². The molecule has 94 valence electrons. The summed E-state index contributed by atoms with van der Waals surface area (Å²) in [6, 6.07) is 0. The zero-order valence-electron chi connectivity index (χ0n) is 10.8.